The molecule has 7 rings (SSSR count). The van der Waals surface area contributed by atoms with Gasteiger partial charge in [-0.3, -0.25) is 4.98 Å². The molecule has 0 spiro atoms. The largest absolute Gasteiger partial charge is 0.457 e. The number of aromatic nitrogens is 2. The van der Waals surface area contributed by atoms with E-state index >= 15 is 0 Å². The molecule has 1 aliphatic rings. The highest BCUT2D eigenvalue weighted by Crippen LogP contribution is 2.43. The zero-order valence-corrected chi connectivity index (χ0v) is 23.3. The number of pyridine rings is 1. The van der Waals surface area contributed by atoms with Gasteiger partial charge in [0.05, 0.1) is 11.7 Å². The number of fused-ring (bicyclic) bond motifs is 1. The Bertz CT molecular complexity index is 1830. The number of benzene rings is 4. The van der Waals surface area contributed by atoms with Crippen LogP contribution in [0, 0.1) is 6.92 Å². The molecule has 1 aliphatic heterocycles. The highest BCUT2D eigenvalue weighted by Gasteiger charge is 2.42. The summed E-state index contributed by atoms with van der Waals surface area (Å²) in [5.41, 5.74) is 5.33. The summed E-state index contributed by atoms with van der Waals surface area (Å²) in [6.07, 6.45) is 3.95. The molecule has 0 amide bonds. The number of anilines is 1. The first-order chi connectivity index (χ1) is 20.1. The Morgan fingerprint density at radius 2 is 1.44 bits per heavy atom. The third kappa shape index (κ3) is 4.83. The average molecular weight is 553 g/mol. The molecule has 4 aromatic carbocycles. The van der Waals surface area contributed by atoms with Crippen molar-refractivity contribution in [2.45, 2.75) is 19.0 Å². The van der Waals surface area contributed by atoms with Crippen molar-refractivity contribution in [3.63, 3.8) is 0 Å². The number of thiocarbonyl (C=S) groups is 1. The zero-order valence-electron chi connectivity index (χ0n) is 22.5. The van der Waals surface area contributed by atoms with E-state index in [2.05, 4.69) is 101 Å². The van der Waals surface area contributed by atoms with E-state index in [-0.39, 0.29) is 12.1 Å². The minimum atomic E-state index is -0.138. The number of hydrogen-bond acceptors (Lipinski definition) is 3. The third-order valence-corrected chi connectivity index (χ3v) is 7.88. The molecule has 0 bridgehead atoms. The quantitative estimate of drug-likeness (QED) is 0.211. The normalized spacial score (nSPS) is 16.6. The van der Waals surface area contributed by atoms with Gasteiger partial charge in [-0.05, 0) is 103 Å². The van der Waals surface area contributed by atoms with Crippen molar-refractivity contribution in [2.75, 3.05) is 4.90 Å². The summed E-state index contributed by atoms with van der Waals surface area (Å²) in [5.74, 6) is 1.58. The molecule has 0 aliphatic carbocycles. The second-order valence-electron chi connectivity index (χ2n) is 10.2. The van der Waals surface area contributed by atoms with Gasteiger partial charge in [-0.2, -0.15) is 0 Å². The molecule has 6 aromatic rings. The van der Waals surface area contributed by atoms with Gasteiger partial charge in [0.1, 0.15) is 17.5 Å². The van der Waals surface area contributed by atoms with E-state index in [9.17, 15) is 0 Å². The average Bonchev–Trinajstić information content (AvgIpc) is 3.63. The number of nitrogens with one attached hydrogen (secondary N) is 1. The van der Waals surface area contributed by atoms with Gasteiger partial charge in [0.2, 0.25) is 0 Å². The first-order valence-electron chi connectivity index (χ1n) is 13.7. The van der Waals surface area contributed by atoms with Crippen molar-refractivity contribution in [3.8, 4) is 17.2 Å². The van der Waals surface area contributed by atoms with Crippen LogP contribution >= 0.6 is 12.2 Å². The van der Waals surface area contributed by atoms with Crippen LogP contribution in [0.15, 0.2) is 134 Å². The first kappa shape index (κ1) is 25.1. The summed E-state index contributed by atoms with van der Waals surface area (Å²) in [4.78, 5) is 6.91. The molecule has 0 radical (unpaired) electrons. The molecule has 2 aromatic heterocycles. The van der Waals surface area contributed by atoms with Crippen LogP contribution in [0.2, 0.25) is 0 Å². The molecule has 0 unspecified atom stereocenters. The van der Waals surface area contributed by atoms with Crippen LogP contribution in [-0.2, 0) is 0 Å². The van der Waals surface area contributed by atoms with Gasteiger partial charge < -0.3 is 19.5 Å². The Kier molecular flexibility index (Phi) is 6.45. The monoisotopic (exact) mass is 552 g/mol. The van der Waals surface area contributed by atoms with Crippen molar-refractivity contribution in [3.05, 3.63) is 151 Å². The third-order valence-electron chi connectivity index (χ3n) is 7.56. The lowest BCUT2D eigenvalue weighted by Gasteiger charge is -2.29. The van der Waals surface area contributed by atoms with Crippen LogP contribution in [0.4, 0.5) is 5.69 Å². The van der Waals surface area contributed by atoms with Crippen LogP contribution in [0.5, 0.6) is 11.5 Å². The molecule has 1 fully saturated rings. The Labute approximate surface area is 244 Å². The van der Waals surface area contributed by atoms with Crippen molar-refractivity contribution in [1.29, 1.82) is 0 Å². The number of hydrogen-bond donors (Lipinski definition) is 1. The Morgan fingerprint density at radius 1 is 0.732 bits per heavy atom. The van der Waals surface area contributed by atoms with Gasteiger partial charge >= 0.3 is 0 Å². The van der Waals surface area contributed by atoms with E-state index in [1.54, 1.807) is 0 Å². The van der Waals surface area contributed by atoms with Crippen LogP contribution in [-0.4, -0.2) is 14.7 Å². The van der Waals surface area contributed by atoms with Gasteiger partial charge in [0.25, 0.3) is 0 Å². The first-order valence-corrected chi connectivity index (χ1v) is 14.1. The number of aryl methyl sites for hydroxylation is 1. The fourth-order valence-electron chi connectivity index (χ4n) is 5.55. The predicted octanol–water partition coefficient (Wildman–Crippen LogP) is 8.30. The fraction of sp³-hybridized carbons (Fsp3) is 0.0857. The molecule has 5 nitrogen and oxygen atoms in total. The molecule has 2 atom stereocenters. The zero-order chi connectivity index (χ0) is 27.8. The SMILES string of the molecule is Cc1ccc(Oc2ccc(N3C(=S)N[C@H](c4ccccn4)[C@@H]3c3cccn3-c3ccc4ccccc4c3)cc2)cc1. The van der Waals surface area contributed by atoms with E-state index in [4.69, 9.17) is 21.9 Å². The molecular formula is C35H28N4OS. The van der Waals surface area contributed by atoms with Crippen LogP contribution < -0.4 is 15.0 Å². The number of rotatable bonds is 6. The second-order valence-corrected chi connectivity index (χ2v) is 10.6. The van der Waals surface area contributed by atoms with Crippen LogP contribution in [0.3, 0.4) is 0 Å². The van der Waals surface area contributed by atoms with Crippen LogP contribution in [0.25, 0.3) is 16.5 Å². The summed E-state index contributed by atoms with van der Waals surface area (Å²) >= 11 is 5.97. The summed E-state index contributed by atoms with van der Waals surface area (Å²) in [5, 5.41) is 6.65. The molecule has 1 saturated heterocycles. The molecule has 1 N–H and O–H groups in total. The van der Waals surface area contributed by atoms with Gasteiger partial charge in [-0.15, -0.1) is 0 Å². The maximum absolute atomic E-state index is 6.10. The van der Waals surface area contributed by atoms with E-state index in [1.807, 2.05) is 54.7 Å². The lowest BCUT2D eigenvalue weighted by Crippen LogP contribution is -2.30. The fourth-order valence-corrected chi connectivity index (χ4v) is 5.89. The van der Waals surface area contributed by atoms with E-state index in [0.717, 1.165) is 34.3 Å². The number of nitrogens with zero attached hydrogens (tertiary/aromatic N) is 3. The summed E-state index contributed by atoms with van der Waals surface area (Å²) in [6, 6.07) is 41.2. The molecule has 3 heterocycles. The summed E-state index contributed by atoms with van der Waals surface area (Å²) in [6.45, 7) is 2.07. The van der Waals surface area contributed by atoms with Crippen molar-refractivity contribution < 1.29 is 4.74 Å². The molecular weight excluding hydrogens is 524 g/mol. The second kappa shape index (κ2) is 10.6. The minimum Gasteiger partial charge on any atom is -0.457 e. The van der Waals surface area contributed by atoms with Gasteiger partial charge in [-0.1, -0.05) is 54.1 Å². The van der Waals surface area contributed by atoms with Crippen molar-refractivity contribution in [1.82, 2.24) is 14.9 Å². The highest BCUT2D eigenvalue weighted by molar-refractivity contribution is 7.80. The Hall–Kier alpha value is -4.94. The lowest BCUT2D eigenvalue weighted by molar-refractivity contribution is 0.482. The maximum Gasteiger partial charge on any atom is 0.174 e. The summed E-state index contributed by atoms with van der Waals surface area (Å²) in [7, 11) is 0. The molecule has 200 valence electrons. The molecule has 0 saturated carbocycles. The number of ether oxygens (including phenoxy) is 1. The predicted molar refractivity (Wildman–Crippen MR) is 169 cm³/mol. The van der Waals surface area contributed by atoms with E-state index in [1.165, 1.54) is 16.3 Å². The standard InChI is InChI=1S/C35H28N4OS/c1-24-11-17-29(18-12-24)40-30-19-15-27(16-20-30)39-34(33(37-35(39)41)31-9-4-5-21-36-31)32-10-6-22-38(32)28-14-13-25-7-2-3-8-26(25)23-28/h2-23,33-34H,1H3,(H,37,41)/t33-,34+/m1/s1. The molecule has 41 heavy (non-hydrogen) atoms. The van der Waals surface area contributed by atoms with E-state index < -0.39 is 0 Å². The van der Waals surface area contributed by atoms with Gasteiger partial charge in [-0.25, -0.2) is 0 Å². The van der Waals surface area contributed by atoms with Gasteiger partial charge in [0.15, 0.2) is 5.11 Å². The minimum absolute atomic E-state index is 0.136. The lowest BCUT2D eigenvalue weighted by atomic mass is 10.0. The van der Waals surface area contributed by atoms with Crippen molar-refractivity contribution in [2.24, 2.45) is 0 Å². The van der Waals surface area contributed by atoms with E-state index in [0.29, 0.717) is 5.11 Å². The van der Waals surface area contributed by atoms with Crippen LogP contribution in [0.1, 0.15) is 29.0 Å². The smallest absolute Gasteiger partial charge is 0.174 e. The Morgan fingerprint density at radius 3 is 2.20 bits per heavy atom. The maximum atomic E-state index is 6.10. The topological polar surface area (TPSA) is 42.3 Å². The van der Waals surface area contributed by atoms with Crippen molar-refractivity contribution >= 4 is 33.8 Å². The summed E-state index contributed by atoms with van der Waals surface area (Å²) < 4.78 is 8.35. The van der Waals surface area contributed by atoms with Gasteiger partial charge in [0, 0.05) is 29.5 Å². The Balaban J connectivity index is 1.28. The highest BCUT2D eigenvalue weighted by atomic mass is 32.1. The molecule has 6 heteroatoms.